The van der Waals surface area contributed by atoms with Gasteiger partial charge in [-0.1, -0.05) is 22.9 Å². The summed E-state index contributed by atoms with van der Waals surface area (Å²) in [5, 5.41) is 3.84. The second-order valence-corrected chi connectivity index (χ2v) is 8.97. The number of aromatic nitrogens is 3. The van der Waals surface area contributed by atoms with E-state index in [1.54, 1.807) is 11.0 Å². The number of nitrogens with one attached hydrogen (secondary N) is 1. The molecule has 164 valence electrons. The van der Waals surface area contributed by atoms with Gasteiger partial charge in [-0.3, -0.25) is 4.79 Å². The summed E-state index contributed by atoms with van der Waals surface area (Å²) in [5.41, 5.74) is 6.41. The second-order valence-electron chi connectivity index (χ2n) is 7.26. The smallest absolute Gasteiger partial charge is 0.237 e. The first-order valence-corrected chi connectivity index (χ1v) is 11.2. The number of alkyl halides is 1. The highest BCUT2D eigenvalue weighted by Gasteiger charge is 2.31. The summed E-state index contributed by atoms with van der Waals surface area (Å²) in [6.45, 7) is 0.925. The molecule has 0 radical (unpaired) electrons. The average molecular weight is 495 g/mol. The number of hydrogen-bond donors (Lipinski definition) is 2. The monoisotopic (exact) mass is 494 g/mol. The van der Waals surface area contributed by atoms with Gasteiger partial charge in [0.05, 0.1) is 21.3 Å². The van der Waals surface area contributed by atoms with Gasteiger partial charge in [0.25, 0.3) is 0 Å². The molecule has 0 spiro atoms. The van der Waals surface area contributed by atoms with E-state index < -0.39 is 11.6 Å². The number of thiazole rings is 1. The molecule has 2 aromatic heterocycles. The highest BCUT2D eigenvalue weighted by molar-refractivity contribution is 7.22. The molecule has 32 heavy (non-hydrogen) atoms. The van der Waals surface area contributed by atoms with Crippen LogP contribution in [0.2, 0.25) is 5.02 Å². The molecule has 0 aliphatic carbocycles. The number of likely N-dealkylation sites (tertiary alicyclic amines) is 1. The van der Waals surface area contributed by atoms with Crippen LogP contribution >= 0.6 is 34.5 Å². The zero-order valence-electron chi connectivity index (χ0n) is 16.2. The standard InChI is InChI=1S/C20H14Cl2F2N6OS/c21-4-13(31)30-5-8(6-30)28-19-10-3-11(22)14(15(24)16(10)26-7-27-19)9-1-2-12(23)18-17(9)29-20(25)32-18/h1-3,7-8H,4-6H2,(H2,25,29)(H,26,27,28). The van der Waals surface area contributed by atoms with E-state index in [0.717, 1.165) is 11.3 Å². The number of anilines is 2. The van der Waals surface area contributed by atoms with Crippen LogP contribution in [-0.4, -0.2) is 50.8 Å². The largest absolute Gasteiger partial charge is 0.375 e. The zero-order valence-corrected chi connectivity index (χ0v) is 18.5. The number of nitrogens with zero attached hydrogens (tertiary/aromatic N) is 4. The van der Waals surface area contributed by atoms with Crippen molar-refractivity contribution in [2.75, 3.05) is 30.0 Å². The Labute approximate surface area is 194 Å². The molecule has 0 bridgehead atoms. The molecule has 0 atom stereocenters. The minimum atomic E-state index is -0.676. The SMILES string of the molecule is Nc1nc2c(-c3c(Cl)cc4c(NC5CN(C(=O)CCl)C5)ncnc4c3F)ccc(F)c2s1. The first-order chi connectivity index (χ1) is 15.4. The van der Waals surface area contributed by atoms with Crippen molar-refractivity contribution in [3.63, 3.8) is 0 Å². The fraction of sp³-hybridized carbons (Fsp3) is 0.200. The number of carbonyl (C=O) groups excluding carboxylic acids is 1. The average Bonchev–Trinajstić information content (AvgIpc) is 3.14. The van der Waals surface area contributed by atoms with Crippen LogP contribution in [0.15, 0.2) is 24.5 Å². The van der Waals surface area contributed by atoms with Crippen molar-refractivity contribution in [2.24, 2.45) is 0 Å². The number of benzene rings is 2. The summed E-state index contributed by atoms with van der Waals surface area (Å²) in [4.78, 5) is 25.7. The Kier molecular flexibility index (Phi) is 5.23. The van der Waals surface area contributed by atoms with Crippen LogP contribution in [0.1, 0.15) is 0 Å². The molecule has 1 fully saturated rings. The highest BCUT2D eigenvalue weighted by atomic mass is 35.5. The molecule has 1 aliphatic heterocycles. The van der Waals surface area contributed by atoms with Crippen molar-refractivity contribution in [1.82, 2.24) is 19.9 Å². The lowest BCUT2D eigenvalue weighted by molar-refractivity contribution is -0.132. The third-order valence-corrected chi connectivity index (χ3v) is 6.71. The molecule has 1 amide bonds. The third-order valence-electron chi connectivity index (χ3n) is 5.29. The third kappa shape index (κ3) is 3.39. The van der Waals surface area contributed by atoms with Crippen LogP contribution in [0.3, 0.4) is 0 Å². The van der Waals surface area contributed by atoms with E-state index in [4.69, 9.17) is 28.9 Å². The number of rotatable bonds is 4. The Morgan fingerprint density at radius 3 is 2.81 bits per heavy atom. The summed E-state index contributed by atoms with van der Waals surface area (Å²) in [6, 6.07) is 4.15. The number of halogens is 4. The Hall–Kier alpha value is -2.82. The van der Waals surface area contributed by atoms with Crippen LogP contribution in [-0.2, 0) is 4.79 Å². The Bertz CT molecular complexity index is 1390. The van der Waals surface area contributed by atoms with Gasteiger partial charge in [0.1, 0.15) is 29.4 Å². The molecule has 4 aromatic rings. The highest BCUT2D eigenvalue weighted by Crippen LogP contribution is 2.41. The molecule has 3 N–H and O–H groups in total. The van der Waals surface area contributed by atoms with Crippen molar-refractivity contribution >= 4 is 72.5 Å². The predicted molar refractivity (Wildman–Crippen MR) is 122 cm³/mol. The van der Waals surface area contributed by atoms with Gasteiger partial charge in [-0.15, -0.1) is 11.6 Å². The molecule has 5 rings (SSSR count). The summed E-state index contributed by atoms with van der Waals surface area (Å²) >= 11 is 13.0. The second kappa shape index (κ2) is 7.95. The predicted octanol–water partition coefficient (Wildman–Crippen LogP) is 4.28. The van der Waals surface area contributed by atoms with Gasteiger partial charge in [0.2, 0.25) is 5.91 Å². The number of carbonyl (C=O) groups is 1. The maximum absolute atomic E-state index is 15.7. The Morgan fingerprint density at radius 1 is 1.28 bits per heavy atom. The number of amides is 1. The molecular formula is C20H14Cl2F2N6OS. The van der Waals surface area contributed by atoms with Crippen molar-refractivity contribution < 1.29 is 13.6 Å². The maximum Gasteiger partial charge on any atom is 0.237 e. The van der Waals surface area contributed by atoms with Crippen LogP contribution in [0.25, 0.3) is 32.2 Å². The van der Waals surface area contributed by atoms with E-state index in [2.05, 4.69) is 20.3 Å². The van der Waals surface area contributed by atoms with Crippen molar-refractivity contribution in [3.05, 3.63) is 41.2 Å². The lowest BCUT2D eigenvalue weighted by Crippen LogP contribution is -2.57. The Balaban J connectivity index is 1.57. The van der Waals surface area contributed by atoms with E-state index >= 15 is 4.39 Å². The topological polar surface area (TPSA) is 97.0 Å². The number of hydrogen-bond acceptors (Lipinski definition) is 7. The fourth-order valence-corrected chi connectivity index (χ4v) is 4.96. The van der Waals surface area contributed by atoms with Crippen LogP contribution in [0, 0.1) is 11.6 Å². The number of fused-ring (bicyclic) bond motifs is 2. The van der Waals surface area contributed by atoms with Gasteiger partial charge < -0.3 is 16.0 Å². The van der Waals surface area contributed by atoms with Gasteiger partial charge in [-0.2, -0.15) is 0 Å². The fourth-order valence-electron chi connectivity index (χ4n) is 3.74. The number of nitrogens with two attached hydrogens (primary N) is 1. The van der Waals surface area contributed by atoms with Gasteiger partial charge in [-0.25, -0.2) is 23.7 Å². The van der Waals surface area contributed by atoms with Gasteiger partial charge in [0, 0.05) is 29.6 Å². The minimum absolute atomic E-state index is 0.0515. The van der Waals surface area contributed by atoms with E-state index in [-0.39, 0.29) is 49.3 Å². The molecule has 0 unspecified atom stereocenters. The molecule has 1 aliphatic rings. The molecular weight excluding hydrogens is 481 g/mol. The first kappa shape index (κ1) is 21.0. The molecule has 1 saturated heterocycles. The van der Waals surface area contributed by atoms with Crippen LogP contribution in [0.4, 0.5) is 19.7 Å². The quantitative estimate of drug-likeness (QED) is 0.411. The lowest BCUT2D eigenvalue weighted by Gasteiger charge is -2.39. The summed E-state index contributed by atoms with van der Waals surface area (Å²) in [7, 11) is 0. The van der Waals surface area contributed by atoms with Crippen molar-refractivity contribution in [3.8, 4) is 11.1 Å². The maximum atomic E-state index is 15.7. The summed E-state index contributed by atoms with van der Waals surface area (Å²) < 4.78 is 30.1. The molecule has 2 aromatic carbocycles. The summed E-state index contributed by atoms with van der Waals surface area (Å²) in [6.07, 6.45) is 1.24. The normalized spacial score (nSPS) is 14.2. The van der Waals surface area contributed by atoms with Gasteiger partial charge in [0.15, 0.2) is 10.9 Å². The summed E-state index contributed by atoms with van der Waals surface area (Å²) in [5.74, 6) is -0.998. The van der Waals surface area contributed by atoms with E-state index in [0.29, 0.717) is 29.9 Å². The zero-order chi connectivity index (χ0) is 22.6. The minimum Gasteiger partial charge on any atom is -0.375 e. The number of nitrogen functional groups attached to an aromatic ring is 1. The van der Waals surface area contributed by atoms with Gasteiger partial charge in [-0.05, 0) is 18.2 Å². The van der Waals surface area contributed by atoms with Crippen molar-refractivity contribution in [1.29, 1.82) is 0 Å². The van der Waals surface area contributed by atoms with Gasteiger partial charge >= 0.3 is 0 Å². The van der Waals surface area contributed by atoms with E-state index in [1.165, 1.54) is 18.5 Å². The molecule has 7 nitrogen and oxygen atoms in total. The molecule has 0 saturated carbocycles. The van der Waals surface area contributed by atoms with Crippen LogP contribution in [0.5, 0.6) is 0 Å². The Morgan fingerprint density at radius 2 is 2.06 bits per heavy atom. The molecule has 12 heteroatoms. The van der Waals surface area contributed by atoms with Crippen molar-refractivity contribution in [2.45, 2.75) is 6.04 Å². The van der Waals surface area contributed by atoms with Crippen LogP contribution < -0.4 is 11.1 Å². The van der Waals surface area contributed by atoms with E-state index in [9.17, 15) is 9.18 Å². The molecule has 3 heterocycles. The first-order valence-electron chi connectivity index (χ1n) is 9.45. The lowest BCUT2D eigenvalue weighted by atomic mass is 10.0. The van der Waals surface area contributed by atoms with E-state index in [1.807, 2.05) is 0 Å².